The Bertz CT molecular complexity index is 620. The lowest BCUT2D eigenvalue weighted by Crippen LogP contribution is -1.71. The maximum Gasteiger partial charge on any atom is 0.0927 e. The summed E-state index contributed by atoms with van der Waals surface area (Å²) in [6.45, 7) is 0. The van der Waals surface area contributed by atoms with Gasteiger partial charge in [0.1, 0.15) is 0 Å². The summed E-state index contributed by atoms with van der Waals surface area (Å²) in [6, 6.07) is 10.2. The van der Waals surface area contributed by atoms with E-state index < -0.39 is 0 Å². The van der Waals surface area contributed by atoms with Crippen LogP contribution in [0.5, 0.6) is 0 Å². The van der Waals surface area contributed by atoms with Crippen LogP contribution in [0.3, 0.4) is 0 Å². The Hall–Kier alpha value is -1.87. The highest BCUT2D eigenvalue weighted by atomic mass is 32.1. The van der Waals surface area contributed by atoms with E-state index >= 15 is 0 Å². The van der Waals surface area contributed by atoms with Crippen molar-refractivity contribution in [2.75, 3.05) is 0 Å². The molecule has 2 aromatic heterocycles. The number of nitrogens with zero attached hydrogens (tertiary/aromatic N) is 1. The molecule has 0 unspecified atom stereocenters. The van der Waals surface area contributed by atoms with Crippen LogP contribution >= 0.6 is 11.3 Å². The molecule has 1 aromatic carbocycles. The van der Waals surface area contributed by atoms with Gasteiger partial charge in [0.25, 0.3) is 0 Å². The number of benzene rings is 1. The molecule has 3 rings (SSSR count). The Morgan fingerprint density at radius 2 is 2.06 bits per heavy atom. The van der Waals surface area contributed by atoms with Crippen LogP contribution in [0.15, 0.2) is 41.1 Å². The topological polar surface area (TPSA) is 28.7 Å². The normalized spacial score (nSPS) is 11.5. The minimum atomic E-state index is 0.988. The first-order valence-corrected chi connectivity index (χ1v) is 6.01. The van der Waals surface area contributed by atoms with Crippen LogP contribution in [0.2, 0.25) is 0 Å². The van der Waals surface area contributed by atoms with Gasteiger partial charge in [-0.25, -0.2) is 0 Å². The largest absolute Gasteiger partial charge is 0.277 e. The number of rotatable bonds is 2. The number of para-hydroxylation sites is 1. The predicted molar refractivity (Wildman–Crippen MR) is 69.3 cm³/mol. The second-order valence-corrected chi connectivity index (χ2v) is 4.32. The molecule has 3 aromatic rings. The van der Waals surface area contributed by atoms with Crippen molar-refractivity contribution in [3.63, 3.8) is 0 Å². The molecule has 0 bridgehead atoms. The summed E-state index contributed by atoms with van der Waals surface area (Å²) in [5.74, 6) is 0. The Kier molecular flexibility index (Phi) is 2.31. The van der Waals surface area contributed by atoms with E-state index in [0.717, 1.165) is 16.6 Å². The van der Waals surface area contributed by atoms with Gasteiger partial charge in [0.05, 0.1) is 11.2 Å². The average molecular weight is 226 g/mol. The predicted octanol–water partition coefficient (Wildman–Crippen LogP) is 3.79. The van der Waals surface area contributed by atoms with Gasteiger partial charge in [0, 0.05) is 5.39 Å². The first-order chi connectivity index (χ1) is 7.93. The van der Waals surface area contributed by atoms with Crippen LogP contribution in [-0.4, -0.2) is 10.2 Å². The fraction of sp³-hybridized carbons (Fsp3) is 0. The van der Waals surface area contributed by atoms with E-state index in [4.69, 9.17) is 0 Å². The maximum atomic E-state index is 4.29. The van der Waals surface area contributed by atoms with Crippen LogP contribution in [-0.2, 0) is 0 Å². The van der Waals surface area contributed by atoms with Gasteiger partial charge in [0.2, 0.25) is 0 Å². The quantitative estimate of drug-likeness (QED) is 0.707. The zero-order valence-electron chi connectivity index (χ0n) is 8.55. The molecule has 78 valence electrons. The number of thiophene rings is 1. The molecule has 0 amide bonds. The number of nitrogens with one attached hydrogen (secondary N) is 1. The zero-order chi connectivity index (χ0) is 10.8. The lowest BCUT2D eigenvalue weighted by molar-refractivity contribution is 1.11. The van der Waals surface area contributed by atoms with Gasteiger partial charge in [-0.2, -0.15) is 16.4 Å². The molecule has 0 saturated heterocycles. The summed E-state index contributed by atoms with van der Waals surface area (Å²) in [5.41, 5.74) is 3.28. The Morgan fingerprint density at radius 1 is 1.12 bits per heavy atom. The summed E-state index contributed by atoms with van der Waals surface area (Å²) in [6.07, 6.45) is 4.12. The highest BCUT2D eigenvalue weighted by Gasteiger charge is 2.00. The fourth-order valence-electron chi connectivity index (χ4n) is 1.66. The Labute approximate surface area is 97.2 Å². The number of hydrogen-bond donors (Lipinski definition) is 1. The molecule has 0 aliphatic heterocycles. The highest BCUT2D eigenvalue weighted by molar-refractivity contribution is 7.08. The maximum absolute atomic E-state index is 4.29. The van der Waals surface area contributed by atoms with Crippen molar-refractivity contribution in [1.29, 1.82) is 0 Å². The fourth-order valence-corrected chi connectivity index (χ4v) is 2.29. The number of aromatic nitrogens is 2. The molecule has 0 aliphatic rings. The summed E-state index contributed by atoms with van der Waals surface area (Å²) in [5, 5.41) is 12.7. The van der Waals surface area contributed by atoms with Crippen LogP contribution < -0.4 is 0 Å². The Morgan fingerprint density at radius 3 is 2.94 bits per heavy atom. The summed E-state index contributed by atoms with van der Waals surface area (Å²) >= 11 is 1.70. The standard InChI is InChI=1S/C13H10N2S/c1-2-4-12-11(3-1)13(15-14-12)6-5-10-7-8-16-9-10/h1-9H,(H,14,15)/b6-5+. The smallest absolute Gasteiger partial charge is 0.0927 e. The molecule has 0 fully saturated rings. The summed E-state index contributed by atoms with van der Waals surface area (Å²) in [7, 11) is 0. The summed E-state index contributed by atoms with van der Waals surface area (Å²) in [4.78, 5) is 0. The van der Waals surface area contributed by atoms with Gasteiger partial charge in [-0.3, -0.25) is 5.10 Å². The number of fused-ring (bicyclic) bond motifs is 1. The van der Waals surface area contributed by atoms with E-state index in [1.54, 1.807) is 11.3 Å². The van der Waals surface area contributed by atoms with Gasteiger partial charge < -0.3 is 0 Å². The highest BCUT2D eigenvalue weighted by Crippen LogP contribution is 2.18. The van der Waals surface area contributed by atoms with Crippen molar-refractivity contribution < 1.29 is 0 Å². The molecule has 0 saturated carbocycles. The van der Waals surface area contributed by atoms with Gasteiger partial charge >= 0.3 is 0 Å². The summed E-state index contributed by atoms with van der Waals surface area (Å²) < 4.78 is 0. The van der Waals surface area contributed by atoms with Gasteiger partial charge in [-0.05, 0) is 34.5 Å². The molecule has 0 atom stereocenters. The van der Waals surface area contributed by atoms with Crippen molar-refractivity contribution in [3.8, 4) is 0 Å². The minimum absolute atomic E-state index is 0.988. The van der Waals surface area contributed by atoms with Gasteiger partial charge in [-0.15, -0.1) is 0 Å². The molecule has 0 radical (unpaired) electrons. The molecule has 2 nitrogen and oxygen atoms in total. The zero-order valence-corrected chi connectivity index (χ0v) is 9.37. The third-order valence-electron chi connectivity index (χ3n) is 2.48. The second kappa shape index (κ2) is 3.94. The number of H-pyrrole nitrogens is 1. The SMILES string of the molecule is C(=C\c1n[nH]c2ccccc12)/c1ccsc1. The van der Waals surface area contributed by atoms with E-state index in [2.05, 4.69) is 39.2 Å². The van der Waals surface area contributed by atoms with Crippen LogP contribution in [0.1, 0.15) is 11.3 Å². The average Bonchev–Trinajstić information content (AvgIpc) is 2.96. The third-order valence-corrected chi connectivity index (χ3v) is 3.18. The molecular formula is C13H10N2S. The Balaban J connectivity index is 2.01. The number of hydrogen-bond acceptors (Lipinski definition) is 2. The lowest BCUT2D eigenvalue weighted by Gasteiger charge is -1.88. The molecule has 16 heavy (non-hydrogen) atoms. The van der Waals surface area contributed by atoms with Crippen molar-refractivity contribution in [2.45, 2.75) is 0 Å². The van der Waals surface area contributed by atoms with E-state index in [0.29, 0.717) is 0 Å². The molecule has 1 N–H and O–H groups in total. The van der Waals surface area contributed by atoms with E-state index in [-0.39, 0.29) is 0 Å². The second-order valence-electron chi connectivity index (χ2n) is 3.54. The lowest BCUT2D eigenvalue weighted by atomic mass is 10.2. The molecule has 2 heterocycles. The third kappa shape index (κ3) is 1.66. The minimum Gasteiger partial charge on any atom is -0.277 e. The van der Waals surface area contributed by atoms with Crippen LogP contribution in [0.4, 0.5) is 0 Å². The van der Waals surface area contributed by atoms with E-state index in [9.17, 15) is 0 Å². The van der Waals surface area contributed by atoms with Gasteiger partial charge in [-0.1, -0.05) is 24.3 Å². The first-order valence-electron chi connectivity index (χ1n) is 5.07. The van der Waals surface area contributed by atoms with Gasteiger partial charge in [0.15, 0.2) is 0 Å². The van der Waals surface area contributed by atoms with E-state index in [1.165, 1.54) is 5.56 Å². The van der Waals surface area contributed by atoms with Crippen LogP contribution in [0.25, 0.3) is 23.1 Å². The molecule has 3 heteroatoms. The molecule has 0 spiro atoms. The van der Waals surface area contributed by atoms with Crippen molar-refractivity contribution in [1.82, 2.24) is 10.2 Å². The first kappa shape index (κ1) is 9.36. The van der Waals surface area contributed by atoms with Crippen molar-refractivity contribution >= 4 is 34.4 Å². The van der Waals surface area contributed by atoms with E-state index in [1.807, 2.05) is 24.3 Å². The van der Waals surface area contributed by atoms with Crippen LogP contribution in [0, 0.1) is 0 Å². The molecule has 0 aliphatic carbocycles. The number of aromatic amines is 1. The van der Waals surface area contributed by atoms with Crippen molar-refractivity contribution in [3.05, 3.63) is 52.3 Å². The van der Waals surface area contributed by atoms with Crippen molar-refractivity contribution in [2.24, 2.45) is 0 Å². The molecular weight excluding hydrogens is 216 g/mol. The monoisotopic (exact) mass is 226 g/mol.